The average molecular weight is 284 g/mol. The maximum absolute atomic E-state index is 11.9. The van der Waals surface area contributed by atoms with E-state index in [-0.39, 0.29) is 12.5 Å². The quantitative estimate of drug-likeness (QED) is 0.834. The van der Waals surface area contributed by atoms with E-state index in [4.69, 9.17) is 4.74 Å². The van der Waals surface area contributed by atoms with Crippen molar-refractivity contribution in [1.82, 2.24) is 0 Å². The first-order valence-corrected chi connectivity index (χ1v) is 6.09. The number of hydrogen-bond acceptors (Lipinski definition) is 2. The van der Waals surface area contributed by atoms with Crippen molar-refractivity contribution in [1.29, 1.82) is 0 Å². The Morgan fingerprint density at radius 1 is 1.56 bits per heavy atom. The van der Waals surface area contributed by atoms with Crippen molar-refractivity contribution in [2.75, 3.05) is 25.2 Å². The Morgan fingerprint density at radius 3 is 3.12 bits per heavy atom. The number of ether oxygens (including phenoxy) is 1. The number of carbonyl (C=O) groups excluding carboxylic acids is 1. The summed E-state index contributed by atoms with van der Waals surface area (Å²) in [7, 11) is 1.55. The summed E-state index contributed by atoms with van der Waals surface area (Å²) < 4.78 is 5.90. The van der Waals surface area contributed by atoms with Gasteiger partial charge in [0.15, 0.2) is 0 Å². The number of rotatable bonds is 2. The zero-order valence-electron chi connectivity index (χ0n) is 9.20. The summed E-state index contributed by atoms with van der Waals surface area (Å²) in [5, 5.41) is 0. The lowest BCUT2D eigenvalue weighted by Gasteiger charge is -2.29. The maximum Gasteiger partial charge on any atom is 0.252 e. The van der Waals surface area contributed by atoms with Crippen molar-refractivity contribution in [3.8, 4) is 0 Å². The Balaban J connectivity index is 2.31. The molecule has 1 amide bonds. The SMILES string of the molecule is COCC(=O)N1CCCc2ccc(Br)cc21. The molecule has 1 aliphatic rings. The van der Waals surface area contributed by atoms with Crippen LogP contribution in [0.25, 0.3) is 0 Å². The van der Waals surface area contributed by atoms with Crippen LogP contribution >= 0.6 is 15.9 Å². The second kappa shape index (κ2) is 4.97. The zero-order valence-corrected chi connectivity index (χ0v) is 10.8. The molecule has 0 aliphatic carbocycles. The van der Waals surface area contributed by atoms with E-state index in [1.54, 1.807) is 7.11 Å². The van der Waals surface area contributed by atoms with Crippen LogP contribution in [-0.4, -0.2) is 26.2 Å². The number of amides is 1. The highest BCUT2D eigenvalue weighted by molar-refractivity contribution is 9.10. The van der Waals surface area contributed by atoms with Crippen LogP contribution < -0.4 is 4.90 Å². The van der Waals surface area contributed by atoms with Crippen molar-refractivity contribution in [3.63, 3.8) is 0 Å². The predicted molar refractivity (Wildman–Crippen MR) is 66.7 cm³/mol. The van der Waals surface area contributed by atoms with E-state index in [2.05, 4.69) is 22.0 Å². The molecule has 0 bridgehead atoms. The Kier molecular flexibility index (Phi) is 3.61. The van der Waals surface area contributed by atoms with E-state index in [1.165, 1.54) is 5.56 Å². The van der Waals surface area contributed by atoms with Crippen molar-refractivity contribution in [2.24, 2.45) is 0 Å². The molecule has 1 aromatic carbocycles. The summed E-state index contributed by atoms with van der Waals surface area (Å²) in [6.07, 6.45) is 2.06. The first kappa shape index (κ1) is 11.6. The molecule has 16 heavy (non-hydrogen) atoms. The molecule has 0 spiro atoms. The summed E-state index contributed by atoms with van der Waals surface area (Å²) in [4.78, 5) is 13.7. The van der Waals surface area contributed by atoms with E-state index >= 15 is 0 Å². The van der Waals surface area contributed by atoms with Crippen LogP contribution in [0, 0.1) is 0 Å². The fourth-order valence-electron chi connectivity index (χ4n) is 2.01. The maximum atomic E-state index is 11.9. The van der Waals surface area contributed by atoms with Gasteiger partial charge in [-0.1, -0.05) is 22.0 Å². The van der Waals surface area contributed by atoms with E-state index in [0.29, 0.717) is 0 Å². The first-order chi connectivity index (χ1) is 7.72. The second-order valence-corrected chi connectivity index (χ2v) is 4.77. The van der Waals surface area contributed by atoms with Gasteiger partial charge in [0.2, 0.25) is 0 Å². The van der Waals surface area contributed by atoms with Gasteiger partial charge in [0.1, 0.15) is 6.61 Å². The lowest BCUT2D eigenvalue weighted by atomic mass is 10.0. The summed E-state index contributed by atoms with van der Waals surface area (Å²) in [5.74, 6) is 0.0292. The number of halogens is 1. The minimum Gasteiger partial charge on any atom is -0.375 e. The number of hydrogen-bond donors (Lipinski definition) is 0. The van der Waals surface area contributed by atoms with Crippen LogP contribution in [0.2, 0.25) is 0 Å². The van der Waals surface area contributed by atoms with Gasteiger partial charge in [0, 0.05) is 23.8 Å². The molecule has 0 N–H and O–H groups in total. The molecular formula is C12H14BrNO2. The molecule has 4 heteroatoms. The summed E-state index contributed by atoms with van der Waals surface area (Å²) >= 11 is 3.44. The Morgan fingerprint density at radius 2 is 2.38 bits per heavy atom. The zero-order chi connectivity index (χ0) is 11.5. The van der Waals surface area contributed by atoms with Gasteiger partial charge in [-0.25, -0.2) is 0 Å². The molecule has 0 atom stereocenters. The third-order valence-corrected chi connectivity index (χ3v) is 3.23. The lowest BCUT2D eigenvalue weighted by molar-refractivity contribution is -0.122. The molecular weight excluding hydrogens is 270 g/mol. The molecule has 0 saturated heterocycles. The topological polar surface area (TPSA) is 29.5 Å². The molecule has 0 unspecified atom stereocenters. The highest BCUT2D eigenvalue weighted by Crippen LogP contribution is 2.30. The van der Waals surface area contributed by atoms with Crippen LogP contribution in [0.5, 0.6) is 0 Å². The van der Waals surface area contributed by atoms with Crippen LogP contribution in [0.15, 0.2) is 22.7 Å². The number of benzene rings is 1. The van der Waals surface area contributed by atoms with E-state index in [0.717, 1.165) is 29.5 Å². The summed E-state index contributed by atoms with van der Waals surface area (Å²) in [6, 6.07) is 6.09. The Bertz CT molecular complexity index is 406. The molecule has 0 radical (unpaired) electrons. The molecule has 1 aliphatic heterocycles. The molecule has 0 fully saturated rings. The molecule has 0 aromatic heterocycles. The highest BCUT2D eigenvalue weighted by atomic mass is 79.9. The molecule has 2 rings (SSSR count). The van der Waals surface area contributed by atoms with Crippen LogP contribution in [0.3, 0.4) is 0 Å². The molecule has 86 valence electrons. The normalized spacial score (nSPS) is 14.8. The van der Waals surface area contributed by atoms with E-state index in [9.17, 15) is 4.79 Å². The van der Waals surface area contributed by atoms with Crippen LogP contribution in [0.4, 0.5) is 5.69 Å². The minimum atomic E-state index is 0.0292. The van der Waals surface area contributed by atoms with Gasteiger partial charge in [0.05, 0.1) is 0 Å². The Labute approximate surface area is 104 Å². The largest absolute Gasteiger partial charge is 0.375 e. The molecule has 1 heterocycles. The van der Waals surface area contributed by atoms with Crippen molar-refractivity contribution >= 4 is 27.5 Å². The minimum absolute atomic E-state index is 0.0292. The summed E-state index contributed by atoms with van der Waals surface area (Å²) in [6.45, 7) is 0.928. The number of anilines is 1. The smallest absolute Gasteiger partial charge is 0.252 e. The number of fused-ring (bicyclic) bond motifs is 1. The van der Waals surface area contributed by atoms with Gasteiger partial charge in [-0.3, -0.25) is 4.79 Å². The number of aryl methyl sites for hydroxylation is 1. The van der Waals surface area contributed by atoms with Gasteiger partial charge in [-0.05, 0) is 30.5 Å². The first-order valence-electron chi connectivity index (χ1n) is 5.30. The van der Waals surface area contributed by atoms with Gasteiger partial charge in [0.25, 0.3) is 5.91 Å². The second-order valence-electron chi connectivity index (χ2n) is 3.85. The predicted octanol–water partition coefficient (Wildman–Crippen LogP) is 2.37. The van der Waals surface area contributed by atoms with E-state index in [1.807, 2.05) is 17.0 Å². The Hall–Kier alpha value is -0.870. The monoisotopic (exact) mass is 283 g/mol. The van der Waals surface area contributed by atoms with Crippen molar-refractivity contribution < 1.29 is 9.53 Å². The third kappa shape index (κ3) is 2.28. The fourth-order valence-corrected chi connectivity index (χ4v) is 2.36. The standard InChI is InChI=1S/C12H14BrNO2/c1-16-8-12(15)14-6-2-3-9-4-5-10(13)7-11(9)14/h4-5,7H,2-3,6,8H2,1H3. The van der Waals surface area contributed by atoms with Gasteiger partial charge in [-0.15, -0.1) is 0 Å². The van der Waals surface area contributed by atoms with Crippen LogP contribution in [-0.2, 0) is 16.0 Å². The third-order valence-electron chi connectivity index (χ3n) is 2.73. The molecule has 1 aromatic rings. The molecule has 0 saturated carbocycles. The van der Waals surface area contributed by atoms with Gasteiger partial charge >= 0.3 is 0 Å². The lowest BCUT2D eigenvalue weighted by Crippen LogP contribution is -2.37. The molecule has 3 nitrogen and oxygen atoms in total. The van der Waals surface area contributed by atoms with Crippen LogP contribution in [0.1, 0.15) is 12.0 Å². The fraction of sp³-hybridized carbons (Fsp3) is 0.417. The number of nitrogens with zero attached hydrogens (tertiary/aromatic N) is 1. The number of carbonyl (C=O) groups is 1. The van der Waals surface area contributed by atoms with Crippen molar-refractivity contribution in [3.05, 3.63) is 28.2 Å². The average Bonchev–Trinajstić information content (AvgIpc) is 2.28. The van der Waals surface area contributed by atoms with Gasteiger partial charge < -0.3 is 9.64 Å². The summed E-state index contributed by atoms with van der Waals surface area (Å²) in [5.41, 5.74) is 2.25. The van der Waals surface area contributed by atoms with Crippen molar-refractivity contribution in [2.45, 2.75) is 12.8 Å². The van der Waals surface area contributed by atoms with Gasteiger partial charge in [-0.2, -0.15) is 0 Å². The number of methoxy groups -OCH3 is 1. The van der Waals surface area contributed by atoms with E-state index < -0.39 is 0 Å². The highest BCUT2D eigenvalue weighted by Gasteiger charge is 2.22.